The lowest BCUT2D eigenvalue weighted by Crippen LogP contribution is -2.07. The predicted molar refractivity (Wildman–Crippen MR) is 183 cm³/mol. The lowest BCUT2D eigenvalue weighted by molar-refractivity contribution is -0.757. The van der Waals surface area contributed by atoms with Crippen molar-refractivity contribution in [2.24, 2.45) is 5.92 Å². The molecule has 2 N–H and O–H groups in total. The van der Waals surface area contributed by atoms with Crippen LogP contribution in [0.25, 0.3) is 0 Å². The number of hydrogen-bond donors (Lipinski definition) is 2. The second kappa shape index (κ2) is 27.8. The van der Waals surface area contributed by atoms with Crippen LogP contribution in [0.15, 0.2) is 77.9 Å². The van der Waals surface area contributed by atoms with E-state index in [1.54, 1.807) is 0 Å². The molecule has 1 aromatic rings. The Morgan fingerprint density at radius 2 is 1.76 bits per heavy atom. The molecule has 0 atom stereocenters. The van der Waals surface area contributed by atoms with Crippen molar-refractivity contribution in [3.63, 3.8) is 0 Å². The monoisotopic (exact) mass is 623 g/mol. The lowest BCUT2D eigenvalue weighted by atomic mass is 9.93. The largest absolute Gasteiger partial charge is 0.481 e. The molecule has 8 heteroatoms. The van der Waals surface area contributed by atoms with Gasteiger partial charge in [-0.15, -0.1) is 10.1 Å². The van der Waals surface area contributed by atoms with Crippen LogP contribution < -0.4 is 5.32 Å². The van der Waals surface area contributed by atoms with Crippen molar-refractivity contribution in [2.45, 2.75) is 123 Å². The summed E-state index contributed by atoms with van der Waals surface area (Å²) in [4.78, 5) is 13.9. The summed E-state index contributed by atoms with van der Waals surface area (Å²) >= 11 is 0. The molecule has 2 aliphatic rings. The molecule has 1 aromatic carbocycles. The van der Waals surface area contributed by atoms with Crippen LogP contribution in [0.2, 0.25) is 0 Å². The molecule has 0 spiro atoms. The van der Waals surface area contributed by atoms with Gasteiger partial charge in [0.15, 0.2) is 6.19 Å². The van der Waals surface area contributed by atoms with Gasteiger partial charge in [0.05, 0.1) is 13.2 Å². The van der Waals surface area contributed by atoms with E-state index in [-0.39, 0.29) is 12.6 Å². The fraction of sp³-hybridized carbons (Fsp3) is 0.595. The van der Waals surface area contributed by atoms with Crippen molar-refractivity contribution in [3.05, 3.63) is 93.6 Å². The van der Waals surface area contributed by atoms with Gasteiger partial charge < -0.3 is 14.7 Å². The smallest absolute Gasteiger partial charge is 0.294 e. The number of unbranched alkanes of at least 4 members (excludes halogenated alkanes) is 4. The molecule has 8 nitrogen and oxygen atoms in total. The zero-order valence-corrected chi connectivity index (χ0v) is 27.8. The molecule has 2 fully saturated rings. The van der Waals surface area contributed by atoms with Crippen molar-refractivity contribution in [3.8, 4) is 6.19 Å². The fourth-order valence-corrected chi connectivity index (χ4v) is 4.87. The predicted octanol–water partition coefficient (Wildman–Crippen LogP) is 10.2. The molecular formula is C37H57N3O5. The summed E-state index contributed by atoms with van der Waals surface area (Å²) in [5, 5.41) is 29.6. The Morgan fingerprint density at radius 3 is 2.38 bits per heavy atom. The van der Waals surface area contributed by atoms with E-state index in [0.717, 1.165) is 68.6 Å². The number of aliphatic hydroxyl groups is 1. The van der Waals surface area contributed by atoms with Crippen molar-refractivity contribution in [1.29, 1.82) is 5.26 Å². The molecule has 0 bridgehead atoms. The number of hydrogen-bond acceptors (Lipinski definition) is 7. The SMILES string of the molecule is C(=C\C1CCCC1)/CCCc1ccccc1.C/C=C\CCCC(=CCCC)NC#N.O=[N+]([O-])OCCCCOC(O)=C1CCC1. The number of nitrogens with one attached hydrogen (secondary N) is 1. The quantitative estimate of drug-likeness (QED) is 0.0299. The van der Waals surface area contributed by atoms with E-state index < -0.39 is 5.09 Å². The molecular weight excluding hydrogens is 566 g/mol. The number of aryl methyl sites for hydroxylation is 1. The van der Waals surface area contributed by atoms with Gasteiger partial charge in [0.2, 0.25) is 0 Å². The molecule has 0 amide bonds. The molecule has 250 valence electrons. The van der Waals surface area contributed by atoms with Gasteiger partial charge in [-0.2, -0.15) is 5.26 Å². The summed E-state index contributed by atoms with van der Waals surface area (Å²) < 4.78 is 5.06. The van der Waals surface area contributed by atoms with Gasteiger partial charge in [-0.05, 0) is 108 Å². The minimum absolute atomic E-state index is 0.0384. The number of benzene rings is 1. The maximum Gasteiger partial charge on any atom is 0.294 e. The van der Waals surface area contributed by atoms with Gasteiger partial charge in [-0.1, -0.05) is 86.9 Å². The first-order valence-corrected chi connectivity index (χ1v) is 17.0. The van der Waals surface area contributed by atoms with E-state index in [1.807, 2.05) is 13.1 Å². The summed E-state index contributed by atoms with van der Waals surface area (Å²) in [6.07, 6.45) is 32.1. The first-order valence-electron chi connectivity index (χ1n) is 17.0. The highest BCUT2D eigenvalue weighted by Gasteiger charge is 2.15. The highest BCUT2D eigenvalue weighted by molar-refractivity contribution is 5.14. The van der Waals surface area contributed by atoms with Gasteiger partial charge in [0, 0.05) is 11.3 Å². The first-order chi connectivity index (χ1) is 22.0. The van der Waals surface area contributed by atoms with E-state index in [9.17, 15) is 15.2 Å². The van der Waals surface area contributed by atoms with E-state index in [2.05, 4.69) is 77.8 Å². The Hall–Kier alpha value is -3.73. The third-order valence-corrected chi connectivity index (χ3v) is 7.67. The average Bonchev–Trinajstić information content (AvgIpc) is 3.53. The van der Waals surface area contributed by atoms with E-state index in [1.165, 1.54) is 50.5 Å². The van der Waals surface area contributed by atoms with Crippen LogP contribution in [-0.4, -0.2) is 23.4 Å². The number of nitrogens with zero attached hydrogens (tertiary/aromatic N) is 2. The summed E-state index contributed by atoms with van der Waals surface area (Å²) in [5.74, 6) is 0.938. The summed E-state index contributed by atoms with van der Waals surface area (Å²) in [7, 11) is 0. The molecule has 3 rings (SSSR count). The Morgan fingerprint density at radius 1 is 1.04 bits per heavy atom. The zero-order chi connectivity index (χ0) is 32.8. The second-order valence-electron chi connectivity index (χ2n) is 11.4. The van der Waals surface area contributed by atoms with E-state index >= 15 is 0 Å². The van der Waals surface area contributed by atoms with Gasteiger partial charge >= 0.3 is 0 Å². The average molecular weight is 624 g/mol. The third kappa shape index (κ3) is 22.4. The number of ether oxygens (including phenoxy) is 1. The van der Waals surface area contributed by atoms with Crippen molar-refractivity contribution in [1.82, 2.24) is 5.32 Å². The van der Waals surface area contributed by atoms with Crippen LogP contribution in [0.3, 0.4) is 0 Å². The number of rotatable bonds is 19. The molecule has 0 aromatic heterocycles. The van der Waals surface area contributed by atoms with Gasteiger partial charge in [0.1, 0.15) is 0 Å². The fourth-order valence-electron chi connectivity index (χ4n) is 4.87. The Kier molecular flexibility index (Phi) is 24.3. The van der Waals surface area contributed by atoms with Crippen LogP contribution in [0, 0.1) is 27.5 Å². The molecule has 0 radical (unpaired) electrons. The normalized spacial score (nSPS) is 14.5. The molecule has 0 unspecified atom stereocenters. The maximum absolute atomic E-state index is 9.78. The Bertz CT molecular complexity index is 1050. The standard InChI is InChI=1S/C16H22.C12H20N2.C9H15NO5/c1-3-9-15(10-4-1)11-5-2-6-12-16-13-7-8-14-16;1-3-5-7-8-10-12(14-11-13)9-6-4-2;11-9(8-4-3-5-8)14-6-1-2-7-15-10(12)13/h1,3-4,6,9-10,12,16H,2,5,7-8,11,13-14H2;3,5,9,14H,4,6-8,10H2,1-2H3;11H,1-7H2/b12-6+;5-3-,12-9?;. The minimum Gasteiger partial charge on any atom is -0.481 e. The summed E-state index contributed by atoms with van der Waals surface area (Å²) in [6, 6.07) is 10.8. The van der Waals surface area contributed by atoms with Gasteiger partial charge in [-0.3, -0.25) is 5.32 Å². The molecule has 45 heavy (non-hydrogen) atoms. The highest BCUT2D eigenvalue weighted by Crippen LogP contribution is 2.28. The van der Waals surface area contributed by atoms with Gasteiger partial charge in [0.25, 0.3) is 11.0 Å². The Balaban J connectivity index is 0.000000339. The Labute approximate surface area is 272 Å². The van der Waals surface area contributed by atoms with Crippen LogP contribution in [-0.2, 0) is 16.0 Å². The van der Waals surface area contributed by atoms with Gasteiger partial charge in [-0.25, -0.2) is 0 Å². The zero-order valence-electron chi connectivity index (χ0n) is 27.8. The molecule has 2 saturated carbocycles. The summed E-state index contributed by atoms with van der Waals surface area (Å²) in [5.41, 5.74) is 3.51. The second-order valence-corrected chi connectivity index (χ2v) is 11.4. The topological polar surface area (TPSA) is 118 Å². The number of nitriles is 1. The molecule has 0 heterocycles. The van der Waals surface area contributed by atoms with Crippen LogP contribution in [0.1, 0.15) is 122 Å². The van der Waals surface area contributed by atoms with E-state index in [4.69, 9.17) is 10.00 Å². The number of allylic oxidation sites excluding steroid dienone is 7. The molecule has 0 saturated heterocycles. The van der Waals surface area contributed by atoms with Crippen molar-refractivity contribution in [2.75, 3.05) is 13.2 Å². The molecule has 0 aliphatic heterocycles. The number of aliphatic hydroxyl groups excluding tert-OH is 1. The van der Waals surface area contributed by atoms with E-state index in [0.29, 0.717) is 19.4 Å². The highest BCUT2D eigenvalue weighted by atomic mass is 16.9. The molecule has 2 aliphatic carbocycles. The minimum atomic E-state index is -0.811. The van der Waals surface area contributed by atoms with Crippen molar-refractivity contribution < 1.29 is 19.8 Å². The summed E-state index contributed by atoms with van der Waals surface area (Å²) in [6.45, 7) is 4.62. The van der Waals surface area contributed by atoms with Crippen LogP contribution >= 0.6 is 0 Å². The first kappa shape index (κ1) is 39.3. The third-order valence-electron chi connectivity index (χ3n) is 7.67. The maximum atomic E-state index is 9.78. The van der Waals surface area contributed by atoms with Crippen LogP contribution in [0.5, 0.6) is 0 Å². The van der Waals surface area contributed by atoms with Crippen molar-refractivity contribution >= 4 is 0 Å². The lowest BCUT2D eigenvalue weighted by Gasteiger charge is -2.17. The van der Waals surface area contributed by atoms with Crippen LogP contribution in [0.4, 0.5) is 0 Å².